The first-order valence-corrected chi connectivity index (χ1v) is 8.84. The van der Waals surface area contributed by atoms with Gasteiger partial charge in [-0.2, -0.15) is 0 Å². The summed E-state index contributed by atoms with van der Waals surface area (Å²) in [6, 6.07) is 24.4. The van der Waals surface area contributed by atoms with Gasteiger partial charge in [-0.1, -0.05) is 54.6 Å². The van der Waals surface area contributed by atoms with Crippen LogP contribution in [-0.4, -0.2) is 9.97 Å². The average molecular weight is 350 g/mol. The lowest BCUT2D eigenvalue weighted by Crippen LogP contribution is -2.37. The van der Waals surface area contributed by atoms with Gasteiger partial charge in [0.1, 0.15) is 23.6 Å². The molecule has 0 saturated carbocycles. The summed E-state index contributed by atoms with van der Waals surface area (Å²) in [4.78, 5) is 8.77. The molecule has 27 heavy (non-hydrogen) atoms. The molecule has 0 unspecified atom stereocenters. The van der Waals surface area contributed by atoms with Gasteiger partial charge >= 0.3 is 0 Å². The number of hydrogen-bond acceptors (Lipinski definition) is 4. The van der Waals surface area contributed by atoms with Crippen LogP contribution in [0.15, 0.2) is 85.3 Å². The molecule has 128 valence electrons. The van der Waals surface area contributed by atoms with Crippen LogP contribution in [0.5, 0.6) is 23.1 Å². The standard InChI is InChI=1S/C23H14N2O2/c1-4-10-19-15(7-1)23(16-8-2-5-11-20(16)26-19)17-9-3-6-12-21(17)27-22-18(23)13-24-14-25-22/h1-14H. The Hall–Kier alpha value is -3.66. The zero-order valence-corrected chi connectivity index (χ0v) is 14.3. The lowest BCUT2D eigenvalue weighted by Gasteiger charge is -2.43. The number of aromatic nitrogens is 2. The van der Waals surface area contributed by atoms with Crippen LogP contribution < -0.4 is 9.47 Å². The third-order valence-electron chi connectivity index (χ3n) is 5.38. The van der Waals surface area contributed by atoms with E-state index in [9.17, 15) is 0 Å². The van der Waals surface area contributed by atoms with Gasteiger partial charge in [0, 0.05) is 22.9 Å². The second kappa shape index (κ2) is 5.17. The minimum atomic E-state index is -0.586. The Bertz CT molecular complexity index is 1010. The minimum absolute atomic E-state index is 0.579. The van der Waals surface area contributed by atoms with E-state index in [0.717, 1.165) is 39.5 Å². The van der Waals surface area contributed by atoms with E-state index in [1.165, 1.54) is 6.33 Å². The highest BCUT2D eigenvalue weighted by atomic mass is 16.5. The summed E-state index contributed by atoms with van der Waals surface area (Å²) < 4.78 is 12.4. The summed E-state index contributed by atoms with van der Waals surface area (Å²) >= 11 is 0. The van der Waals surface area contributed by atoms with Gasteiger partial charge in [-0.25, -0.2) is 9.97 Å². The third-order valence-corrected chi connectivity index (χ3v) is 5.38. The maximum atomic E-state index is 6.25. The van der Waals surface area contributed by atoms with E-state index in [4.69, 9.17) is 9.47 Å². The molecule has 0 N–H and O–H groups in total. The quantitative estimate of drug-likeness (QED) is 0.384. The summed E-state index contributed by atoms with van der Waals surface area (Å²) in [5, 5.41) is 0. The molecule has 0 fully saturated rings. The number of fused-ring (bicyclic) bond motifs is 8. The van der Waals surface area contributed by atoms with Crippen molar-refractivity contribution in [3.05, 3.63) is 108 Å². The number of hydrogen-bond donors (Lipinski definition) is 0. The molecular formula is C23H14N2O2. The maximum absolute atomic E-state index is 6.25. The van der Waals surface area contributed by atoms with Crippen LogP contribution in [0.25, 0.3) is 0 Å². The van der Waals surface area contributed by atoms with Gasteiger partial charge in [-0.05, 0) is 18.2 Å². The zero-order valence-electron chi connectivity index (χ0n) is 14.3. The SMILES string of the molecule is c1ccc2c(c1)Oc1ccccc1C21c2ccccc2Oc2ncncc21. The fourth-order valence-corrected chi connectivity index (χ4v) is 4.35. The van der Waals surface area contributed by atoms with E-state index in [1.807, 2.05) is 60.8 Å². The van der Waals surface area contributed by atoms with Crippen molar-refractivity contribution in [1.82, 2.24) is 9.97 Å². The first-order valence-electron chi connectivity index (χ1n) is 8.84. The van der Waals surface area contributed by atoms with Gasteiger partial charge in [0.2, 0.25) is 5.88 Å². The summed E-state index contributed by atoms with van der Waals surface area (Å²) in [5.74, 6) is 3.05. The van der Waals surface area contributed by atoms with Crippen LogP contribution in [0.1, 0.15) is 22.3 Å². The van der Waals surface area contributed by atoms with Crippen molar-refractivity contribution >= 4 is 0 Å². The molecule has 6 rings (SSSR count). The van der Waals surface area contributed by atoms with E-state index in [0.29, 0.717) is 5.88 Å². The molecule has 4 aromatic rings. The summed E-state index contributed by atoms with van der Waals surface area (Å²) in [5.41, 5.74) is 3.53. The van der Waals surface area contributed by atoms with Crippen molar-refractivity contribution in [2.75, 3.05) is 0 Å². The van der Waals surface area contributed by atoms with Crippen LogP contribution in [0.2, 0.25) is 0 Å². The van der Waals surface area contributed by atoms with Crippen LogP contribution in [0, 0.1) is 0 Å². The van der Waals surface area contributed by atoms with Crippen molar-refractivity contribution in [2.24, 2.45) is 0 Å². The van der Waals surface area contributed by atoms with Crippen molar-refractivity contribution in [3.8, 4) is 23.1 Å². The van der Waals surface area contributed by atoms with Gasteiger partial charge in [0.15, 0.2) is 0 Å². The first kappa shape index (κ1) is 14.5. The predicted octanol–water partition coefficient (Wildman–Crippen LogP) is 5.07. The van der Waals surface area contributed by atoms with Crippen molar-refractivity contribution < 1.29 is 9.47 Å². The molecule has 3 aromatic carbocycles. The molecule has 1 spiro atoms. The van der Waals surface area contributed by atoms with E-state index in [-0.39, 0.29) is 0 Å². The molecule has 2 aliphatic heterocycles. The average Bonchev–Trinajstić information content (AvgIpc) is 2.73. The molecule has 2 aliphatic rings. The third kappa shape index (κ3) is 1.77. The van der Waals surface area contributed by atoms with Crippen molar-refractivity contribution in [2.45, 2.75) is 5.41 Å². The summed E-state index contributed by atoms with van der Waals surface area (Å²) in [6.07, 6.45) is 3.38. The molecular weight excluding hydrogens is 336 g/mol. The highest BCUT2D eigenvalue weighted by molar-refractivity contribution is 5.73. The Labute approximate surface area is 156 Å². The fraction of sp³-hybridized carbons (Fsp3) is 0.0435. The molecule has 0 amide bonds. The molecule has 0 saturated heterocycles. The second-order valence-electron chi connectivity index (χ2n) is 6.68. The van der Waals surface area contributed by atoms with Crippen LogP contribution in [0.4, 0.5) is 0 Å². The topological polar surface area (TPSA) is 44.2 Å². The molecule has 0 atom stereocenters. The summed E-state index contributed by atoms with van der Waals surface area (Å²) in [7, 11) is 0. The second-order valence-corrected chi connectivity index (χ2v) is 6.68. The Kier molecular flexibility index (Phi) is 2.78. The number of benzene rings is 3. The molecule has 4 heteroatoms. The fourth-order valence-electron chi connectivity index (χ4n) is 4.35. The van der Waals surface area contributed by atoms with Crippen LogP contribution in [-0.2, 0) is 5.41 Å². The molecule has 0 radical (unpaired) electrons. The molecule has 1 aromatic heterocycles. The van der Waals surface area contributed by atoms with Crippen LogP contribution in [0.3, 0.4) is 0 Å². The highest BCUT2D eigenvalue weighted by Crippen LogP contribution is 2.60. The van der Waals surface area contributed by atoms with E-state index < -0.39 is 5.41 Å². The number of rotatable bonds is 0. The van der Waals surface area contributed by atoms with E-state index in [1.54, 1.807) is 0 Å². The molecule has 4 nitrogen and oxygen atoms in total. The largest absolute Gasteiger partial charge is 0.457 e. The van der Waals surface area contributed by atoms with Gasteiger partial charge in [-0.15, -0.1) is 0 Å². The zero-order chi connectivity index (χ0) is 17.8. The predicted molar refractivity (Wildman–Crippen MR) is 100 cm³/mol. The highest BCUT2D eigenvalue weighted by Gasteiger charge is 2.51. The lowest BCUT2D eigenvalue weighted by atomic mass is 9.63. The molecule has 3 heterocycles. The normalized spacial score (nSPS) is 14.8. The monoisotopic (exact) mass is 350 g/mol. The number of para-hydroxylation sites is 3. The maximum Gasteiger partial charge on any atom is 0.227 e. The Morgan fingerprint density at radius 3 is 1.70 bits per heavy atom. The number of ether oxygens (including phenoxy) is 2. The number of nitrogens with zero attached hydrogens (tertiary/aromatic N) is 2. The minimum Gasteiger partial charge on any atom is -0.457 e. The lowest BCUT2D eigenvalue weighted by molar-refractivity contribution is 0.388. The molecule has 0 bridgehead atoms. The first-order chi connectivity index (χ1) is 13.4. The Morgan fingerprint density at radius 1 is 0.593 bits per heavy atom. The molecule has 0 aliphatic carbocycles. The van der Waals surface area contributed by atoms with E-state index >= 15 is 0 Å². The Morgan fingerprint density at radius 2 is 1.11 bits per heavy atom. The van der Waals surface area contributed by atoms with Gasteiger partial charge in [-0.3, -0.25) is 0 Å². The summed E-state index contributed by atoms with van der Waals surface area (Å²) in [6.45, 7) is 0. The van der Waals surface area contributed by atoms with Crippen molar-refractivity contribution in [3.63, 3.8) is 0 Å². The van der Waals surface area contributed by atoms with Crippen molar-refractivity contribution in [1.29, 1.82) is 0 Å². The van der Waals surface area contributed by atoms with Gasteiger partial charge in [0.05, 0.1) is 11.0 Å². The van der Waals surface area contributed by atoms with Crippen LogP contribution >= 0.6 is 0 Å². The Balaban J connectivity index is 1.85. The van der Waals surface area contributed by atoms with E-state index in [2.05, 4.69) is 28.2 Å². The smallest absolute Gasteiger partial charge is 0.227 e. The van der Waals surface area contributed by atoms with Gasteiger partial charge < -0.3 is 9.47 Å². The van der Waals surface area contributed by atoms with Gasteiger partial charge in [0.25, 0.3) is 0 Å².